The fraction of sp³-hybridized carbons (Fsp3) is 1.00. The second-order valence-corrected chi connectivity index (χ2v) is 4.16. The van der Waals surface area contributed by atoms with Gasteiger partial charge in [-0.15, -0.1) is 0 Å². The van der Waals surface area contributed by atoms with Gasteiger partial charge in [-0.05, 0) is 26.2 Å². The molecule has 1 heterocycles. The van der Waals surface area contributed by atoms with Crippen molar-refractivity contribution in [1.29, 1.82) is 0 Å². The third-order valence-corrected chi connectivity index (χ3v) is 2.67. The summed E-state index contributed by atoms with van der Waals surface area (Å²) < 4.78 is 5.41. The first-order chi connectivity index (χ1) is 6.16. The molecule has 3 heteroatoms. The third-order valence-electron chi connectivity index (χ3n) is 2.67. The highest BCUT2D eigenvalue weighted by Gasteiger charge is 2.27. The molecule has 1 rings (SSSR count). The van der Waals surface area contributed by atoms with Crippen molar-refractivity contribution in [3.8, 4) is 0 Å². The zero-order valence-electron chi connectivity index (χ0n) is 8.68. The summed E-state index contributed by atoms with van der Waals surface area (Å²) in [6.07, 6.45) is 2.85. The van der Waals surface area contributed by atoms with Gasteiger partial charge in [0, 0.05) is 18.7 Å². The molecule has 2 unspecified atom stereocenters. The fourth-order valence-corrected chi connectivity index (χ4v) is 1.58. The van der Waals surface area contributed by atoms with Crippen LogP contribution < -0.4 is 5.32 Å². The van der Waals surface area contributed by atoms with Crippen LogP contribution in [0.2, 0.25) is 0 Å². The van der Waals surface area contributed by atoms with Crippen molar-refractivity contribution < 1.29 is 9.84 Å². The molecule has 13 heavy (non-hydrogen) atoms. The van der Waals surface area contributed by atoms with Gasteiger partial charge in [-0.2, -0.15) is 0 Å². The summed E-state index contributed by atoms with van der Waals surface area (Å²) in [5.41, 5.74) is 0.0778. The smallest absolute Gasteiger partial charge is 0.0662 e. The molecule has 0 spiro atoms. The van der Waals surface area contributed by atoms with E-state index in [9.17, 15) is 5.11 Å². The Labute approximate surface area is 80.5 Å². The van der Waals surface area contributed by atoms with Gasteiger partial charge in [0.25, 0.3) is 0 Å². The zero-order chi connectivity index (χ0) is 9.73. The van der Waals surface area contributed by atoms with Crippen LogP contribution in [-0.2, 0) is 4.74 Å². The number of hydrogen-bond donors (Lipinski definition) is 2. The fourth-order valence-electron chi connectivity index (χ4n) is 1.58. The van der Waals surface area contributed by atoms with Crippen LogP contribution in [0.1, 0.15) is 33.1 Å². The third kappa shape index (κ3) is 3.63. The lowest BCUT2D eigenvalue weighted by Crippen LogP contribution is -2.51. The van der Waals surface area contributed by atoms with E-state index in [2.05, 4.69) is 12.2 Å². The number of aliphatic hydroxyl groups is 1. The minimum absolute atomic E-state index is 0.0778. The van der Waals surface area contributed by atoms with Crippen LogP contribution in [-0.4, -0.2) is 36.5 Å². The minimum atomic E-state index is -0.223. The first-order valence-electron chi connectivity index (χ1n) is 5.17. The number of rotatable bonds is 4. The van der Waals surface area contributed by atoms with Crippen LogP contribution in [0.3, 0.4) is 0 Å². The Morgan fingerprint density at radius 1 is 1.62 bits per heavy atom. The Bertz CT molecular complexity index is 144. The molecular weight excluding hydrogens is 166 g/mol. The average Bonchev–Trinajstić information content (AvgIpc) is 2.15. The highest BCUT2D eigenvalue weighted by atomic mass is 16.5. The Balaban J connectivity index is 2.24. The van der Waals surface area contributed by atoms with Crippen molar-refractivity contribution >= 4 is 0 Å². The number of hydrogen-bond acceptors (Lipinski definition) is 3. The molecule has 0 aromatic heterocycles. The van der Waals surface area contributed by atoms with Gasteiger partial charge in [-0.25, -0.2) is 0 Å². The highest BCUT2D eigenvalue weighted by molar-refractivity contribution is 4.85. The number of aliphatic hydroxyl groups excluding tert-OH is 1. The molecule has 0 radical (unpaired) electrons. The second-order valence-electron chi connectivity index (χ2n) is 4.16. The lowest BCUT2D eigenvalue weighted by atomic mass is 9.94. The largest absolute Gasteiger partial charge is 0.392 e. The second kappa shape index (κ2) is 4.94. The molecule has 0 amide bonds. The van der Waals surface area contributed by atoms with E-state index in [1.54, 1.807) is 0 Å². The van der Waals surface area contributed by atoms with E-state index < -0.39 is 0 Å². The van der Waals surface area contributed by atoms with Gasteiger partial charge < -0.3 is 15.2 Å². The molecule has 1 saturated heterocycles. The van der Waals surface area contributed by atoms with E-state index >= 15 is 0 Å². The number of ether oxygens (including phenoxy) is 1. The van der Waals surface area contributed by atoms with Crippen LogP contribution >= 0.6 is 0 Å². The molecule has 2 atom stereocenters. The van der Waals surface area contributed by atoms with Gasteiger partial charge in [0.15, 0.2) is 0 Å². The number of nitrogens with one attached hydrogen (secondary N) is 1. The summed E-state index contributed by atoms with van der Waals surface area (Å²) in [4.78, 5) is 0. The molecule has 2 N–H and O–H groups in total. The van der Waals surface area contributed by atoms with E-state index in [1.165, 1.54) is 0 Å². The van der Waals surface area contributed by atoms with E-state index in [0.717, 1.165) is 32.5 Å². The van der Waals surface area contributed by atoms with Crippen molar-refractivity contribution in [2.24, 2.45) is 0 Å². The Kier molecular flexibility index (Phi) is 4.16. The van der Waals surface area contributed by atoms with Crippen LogP contribution in [0, 0.1) is 0 Å². The minimum Gasteiger partial charge on any atom is -0.392 e. The molecule has 0 aromatic rings. The summed E-state index contributed by atoms with van der Waals surface area (Å²) in [7, 11) is 0. The van der Waals surface area contributed by atoms with Gasteiger partial charge in [-0.1, -0.05) is 6.92 Å². The van der Waals surface area contributed by atoms with E-state index in [1.807, 2.05) is 6.92 Å². The molecule has 0 bridgehead atoms. The Morgan fingerprint density at radius 2 is 2.38 bits per heavy atom. The van der Waals surface area contributed by atoms with Crippen LogP contribution in [0.4, 0.5) is 0 Å². The summed E-state index contributed by atoms with van der Waals surface area (Å²) in [5, 5.41) is 12.8. The van der Waals surface area contributed by atoms with E-state index in [-0.39, 0.29) is 11.6 Å². The predicted octanol–water partition coefficient (Wildman–Crippen LogP) is 0.916. The maximum absolute atomic E-state index is 9.40. The van der Waals surface area contributed by atoms with Crippen LogP contribution in [0.25, 0.3) is 0 Å². The predicted molar refractivity (Wildman–Crippen MR) is 52.8 cm³/mol. The van der Waals surface area contributed by atoms with Gasteiger partial charge in [0.05, 0.1) is 12.7 Å². The van der Waals surface area contributed by atoms with Crippen molar-refractivity contribution in [3.63, 3.8) is 0 Å². The summed E-state index contributed by atoms with van der Waals surface area (Å²) in [5.74, 6) is 0. The molecule has 0 aromatic carbocycles. The highest BCUT2D eigenvalue weighted by Crippen LogP contribution is 2.17. The molecule has 0 aliphatic carbocycles. The lowest BCUT2D eigenvalue weighted by molar-refractivity contribution is 0.0220. The maximum atomic E-state index is 9.40. The van der Waals surface area contributed by atoms with Gasteiger partial charge in [-0.3, -0.25) is 0 Å². The topological polar surface area (TPSA) is 41.5 Å². The molecular formula is C10H21NO2. The zero-order valence-corrected chi connectivity index (χ0v) is 8.68. The molecule has 0 saturated carbocycles. The van der Waals surface area contributed by atoms with Crippen molar-refractivity contribution in [2.45, 2.75) is 44.8 Å². The Hall–Kier alpha value is -0.120. The van der Waals surface area contributed by atoms with Gasteiger partial charge in [0.2, 0.25) is 0 Å². The SMILES string of the molecule is CCC(O)CNC1(C)CCCOC1. The maximum Gasteiger partial charge on any atom is 0.0662 e. The van der Waals surface area contributed by atoms with Crippen molar-refractivity contribution in [3.05, 3.63) is 0 Å². The molecule has 1 aliphatic heterocycles. The summed E-state index contributed by atoms with van der Waals surface area (Å²) in [6.45, 7) is 6.48. The molecule has 1 fully saturated rings. The summed E-state index contributed by atoms with van der Waals surface area (Å²) in [6, 6.07) is 0. The van der Waals surface area contributed by atoms with Crippen molar-refractivity contribution in [1.82, 2.24) is 5.32 Å². The molecule has 1 aliphatic rings. The first-order valence-corrected chi connectivity index (χ1v) is 5.17. The monoisotopic (exact) mass is 187 g/mol. The van der Waals surface area contributed by atoms with Gasteiger partial charge >= 0.3 is 0 Å². The summed E-state index contributed by atoms with van der Waals surface area (Å²) >= 11 is 0. The molecule has 78 valence electrons. The normalized spacial score (nSPS) is 31.6. The quantitative estimate of drug-likeness (QED) is 0.687. The lowest BCUT2D eigenvalue weighted by Gasteiger charge is -2.35. The van der Waals surface area contributed by atoms with E-state index in [0.29, 0.717) is 6.54 Å². The molecule has 3 nitrogen and oxygen atoms in total. The first kappa shape index (κ1) is 11.0. The van der Waals surface area contributed by atoms with E-state index in [4.69, 9.17) is 4.74 Å². The van der Waals surface area contributed by atoms with Crippen molar-refractivity contribution in [2.75, 3.05) is 19.8 Å². The Morgan fingerprint density at radius 3 is 2.92 bits per heavy atom. The standard InChI is InChI=1S/C10H21NO2/c1-3-9(12)7-11-10(2)5-4-6-13-8-10/h9,11-12H,3-8H2,1-2H3. The number of β-amino-alcohol motifs (C(OH)–C–C–N with tert-alkyl or cyclic N) is 1. The van der Waals surface area contributed by atoms with Crippen LogP contribution in [0.5, 0.6) is 0 Å². The van der Waals surface area contributed by atoms with Gasteiger partial charge in [0.1, 0.15) is 0 Å². The van der Waals surface area contributed by atoms with Crippen LogP contribution in [0.15, 0.2) is 0 Å². The average molecular weight is 187 g/mol.